The summed E-state index contributed by atoms with van der Waals surface area (Å²) in [4.78, 5) is 37.1. The molecule has 156 valence electrons. The third-order valence-electron chi connectivity index (χ3n) is 4.29. The lowest BCUT2D eigenvalue weighted by molar-refractivity contribution is -0.142. The Balaban J connectivity index is 1.76. The van der Waals surface area contributed by atoms with Crippen LogP contribution in [0, 0.1) is 5.82 Å². The number of hydrogen-bond donors (Lipinski definition) is 1. The van der Waals surface area contributed by atoms with E-state index >= 15 is 0 Å². The molecule has 3 amide bonds. The van der Waals surface area contributed by atoms with Crippen molar-refractivity contribution in [2.75, 3.05) is 20.8 Å². The first kappa shape index (κ1) is 20.8. The van der Waals surface area contributed by atoms with Gasteiger partial charge < -0.3 is 19.5 Å². The molecule has 0 aromatic heterocycles. The molecule has 3 rings (SSSR count). The number of benzene rings is 2. The van der Waals surface area contributed by atoms with Crippen LogP contribution in [0.2, 0.25) is 0 Å². The van der Waals surface area contributed by atoms with Gasteiger partial charge >= 0.3 is 12.0 Å². The van der Waals surface area contributed by atoms with Gasteiger partial charge in [0.15, 0.2) is 18.1 Å². The van der Waals surface area contributed by atoms with Crippen LogP contribution in [-0.4, -0.2) is 43.6 Å². The molecule has 0 radical (unpaired) electrons. The lowest BCUT2D eigenvalue weighted by Gasteiger charge is -2.11. The highest BCUT2D eigenvalue weighted by atomic mass is 19.1. The Kier molecular flexibility index (Phi) is 6.31. The first-order valence-corrected chi connectivity index (χ1v) is 8.88. The number of carbonyl (C=O) groups excluding carboxylic acids is 3. The number of nitrogens with one attached hydrogen (secondary N) is 1. The number of imide groups is 1. The molecule has 1 aliphatic rings. The second-order valence-corrected chi connectivity index (χ2v) is 6.28. The van der Waals surface area contributed by atoms with E-state index in [-0.39, 0.29) is 18.8 Å². The van der Waals surface area contributed by atoms with Crippen LogP contribution >= 0.6 is 0 Å². The Labute approximate surface area is 171 Å². The van der Waals surface area contributed by atoms with Gasteiger partial charge in [0.2, 0.25) is 0 Å². The number of ether oxygens (including phenoxy) is 3. The zero-order valence-electron chi connectivity index (χ0n) is 16.3. The maximum atomic E-state index is 13.0. The Morgan fingerprint density at radius 3 is 2.50 bits per heavy atom. The van der Waals surface area contributed by atoms with Gasteiger partial charge in [0.1, 0.15) is 11.5 Å². The normalized spacial score (nSPS) is 14.6. The van der Waals surface area contributed by atoms with Crippen molar-refractivity contribution in [3.8, 4) is 11.5 Å². The van der Waals surface area contributed by atoms with Crippen molar-refractivity contribution in [1.29, 1.82) is 0 Å². The number of amides is 3. The van der Waals surface area contributed by atoms with Gasteiger partial charge in [-0.05, 0) is 41.5 Å². The monoisotopic (exact) mass is 414 g/mol. The van der Waals surface area contributed by atoms with E-state index in [0.29, 0.717) is 22.6 Å². The van der Waals surface area contributed by atoms with E-state index in [2.05, 4.69) is 10.1 Å². The van der Waals surface area contributed by atoms with Crippen molar-refractivity contribution in [1.82, 2.24) is 10.2 Å². The van der Waals surface area contributed by atoms with E-state index < -0.39 is 23.7 Å². The van der Waals surface area contributed by atoms with Crippen LogP contribution in [-0.2, 0) is 20.9 Å². The zero-order chi connectivity index (χ0) is 21.7. The van der Waals surface area contributed by atoms with Gasteiger partial charge in [0.05, 0.1) is 20.8 Å². The summed E-state index contributed by atoms with van der Waals surface area (Å²) in [6.45, 7) is -0.258. The predicted octanol–water partition coefficient (Wildman–Crippen LogP) is 2.48. The van der Waals surface area contributed by atoms with Crippen LogP contribution in [0.25, 0.3) is 6.08 Å². The number of rotatable bonds is 7. The largest absolute Gasteiger partial charge is 0.493 e. The first-order valence-electron chi connectivity index (χ1n) is 8.88. The van der Waals surface area contributed by atoms with Gasteiger partial charge in [0.25, 0.3) is 5.91 Å². The van der Waals surface area contributed by atoms with Crippen LogP contribution in [0.5, 0.6) is 11.5 Å². The van der Waals surface area contributed by atoms with Gasteiger partial charge in [-0.3, -0.25) is 9.69 Å². The van der Waals surface area contributed by atoms with Crippen LogP contribution in [0.1, 0.15) is 11.1 Å². The molecule has 9 heteroatoms. The molecule has 0 spiro atoms. The van der Waals surface area contributed by atoms with E-state index in [0.717, 1.165) is 4.90 Å². The van der Waals surface area contributed by atoms with E-state index in [1.807, 2.05) is 0 Å². The summed E-state index contributed by atoms with van der Waals surface area (Å²) < 4.78 is 28.2. The van der Waals surface area contributed by atoms with E-state index in [4.69, 9.17) is 9.47 Å². The Hall–Kier alpha value is -3.88. The molecular formula is C21H19FN2O6. The summed E-state index contributed by atoms with van der Waals surface area (Å²) in [6, 6.07) is 9.80. The molecule has 8 nitrogen and oxygen atoms in total. The molecule has 2 aromatic rings. The summed E-state index contributed by atoms with van der Waals surface area (Å²) in [5.74, 6) is -0.777. The van der Waals surface area contributed by atoms with Gasteiger partial charge in [-0.15, -0.1) is 0 Å². The summed E-state index contributed by atoms with van der Waals surface area (Å²) in [5, 5.41) is 2.52. The van der Waals surface area contributed by atoms with Crippen LogP contribution in [0.15, 0.2) is 48.2 Å². The van der Waals surface area contributed by atoms with Crippen LogP contribution < -0.4 is 14.8 Å². The summed E-state index contributed by atoms with van der Waals surface area (Å²) in [6.07, 6.45) is 1.50. The highest BCUT2D eigenvalue weighted by molar-refractivity contribution is 6.13. The maximum Gasteiger partial charge on any atom is 0.343 e. The second-order valence-electron chi connectivity index (χ2n) is 6.28. The molecule has 30 heavy (non-hydrogen) atoms. The summed E-state index contributed by atoms with van der Waals surface area (Å²) >= 11 is 0. The molecule has 0 bridgehead atoms. The van der Waals surface area contributed by atoms with Crippen LogP contribution in [0.4, 0.5) is 9.18 Å². The fourth-order valence-corrected chi connectivity index (χ4v) is 2.74. The highest BCUT2D eigenvalue weighted by Gasteiger charge is 2.33. The van der Waals surface area contributed by atoms with Crippen molar-refractivity contribution in [2.45, 2.75) is 6.54 Å². The minimum Gasteiger partial charge on any atom is -0.493 e. The molecule has 1 aliphatic heterocycles. The molecule has 1 saturated heterocycles. The SMILES string of the molecule is COC(=O)COc1ccc(/C=C2/NC(=O)N(Cc3ccc(F)cc3)C2=O)cc1OC. The van der Waals surface area contributed by atoms with Crippen molar-refractivity contribution in [3.63, 3.8) is 0 Å². The number of nitrogens with zero attached hydrogens (tertiary/aromatic N) is 1. The number of urea groups is 1. The topological polar surface area (TPSA) is 94.2 Å². The predicted molar refractivity (Wildman–Crippen MR) is 104 cm³/mol. The standard InChI is InChI=1S/C21H19FN2O6/c1-28-18-10-14(5-8-17(18)30-12-19(25)29-2)9-16-20(26)24(21(27)23-16)11-13-3-6-15(22)7-4-13/h3-10H,11-12H2,1-2H3,(H,23,27)/b16-9+. The minimum atomic E-state index is -0.569. The fourth-order valence-electron chi connectivity index (χ4n) is 2.74. The van der Waals surface area contributed by atoms with Gasteiger partial charge in [0, 0.05) is 0 Å². The van der Waals surface area contributed by atoms with E-state index in [9.17, 15) is 18.8 Å². The molecule has 0 aliphatic carbocycles. The highest BCUT2D eigenvalue weighted by Crippen LogP contribution is 2.29. The fraction of sp³-hybridized carbons (Fsp3) is 0.190. The summed E-state index contributed by atoms with van der Waals surface area (Å²) in [5.41, 5.74) is 1.28. The van der Waals surface area contributed by atoms with Crippen molar-refractivity contribution in [2.24, 2.45) is 0 Å². The molecule has 0 saturated carbocycles. The zero-order valence-corrected chi connectivity index (χ0v) is 16.3. The molecule has 1 heterocycles. The smallest absolute Gasteiger partial charge is 0.343 e. The molecule has 1 fully saturated rings. The number of carbonyl (C=O) groups is 3. The third-order valence-corrected chi connectivity index (χ3v) is 4.29. The first-order chi connectivity index (χ1) is 14.4. The average Bonchev–Trinajstić information content (AvgIpc) is 3.01. The van der Waals surface area contributed by atoms with Crippen molar-refractivity contribution < 1.29 is 33.0 Å². The maximum absolute atomic E-state index is 13.0. The number of hydrogen-bond acceptors (Lipinski definition) is 6. The van der Waals surface area contributed by atoms with Gasteiger partial charge in [-0.25, -0.2) is 14.0 Å². The Bertz CT molecular complexity index is 1000. The number of esters is 1. The van der Waals surface area contributed by atoms with Crippen LogP contribution in [0.3, 0.4) is 0 Å². The molecule has 0 atom stereocenters. The Morgan fingerprint density at radius 1 is 1.10 bits per heavy atom. The van der Waals surface area contributed by atoms with E-state index in [1.165, 1.54) is 44.6 Å². The minimum absolute atomic E-state index is 0.0198. The van der Waals surface area contributed by atoms with Crippen molar-refractivity contribution >= 4 is 24.0 Å². The average molecular weight is 414 g/mol. The summed E-state index contributed by atoms with van der Waals surface area (Å²) in [7, 11) is 2.69. The third kappa shape index (κ3) is 4.75. The van der Waals surface area contributed by atoms with Crippen molar-refractivity contribution in [3.05, 3.63) is 65.1 Å². The number of methoxy groups -OCH3 is 2. The quantitative estimate of drug-likeness (QED) is 0.425. The Morgan fingerprint density at radius 2 is 1.83 bits per heavy atom. The number of halogens is 1. The van der Waals surface area contributed by atoms with Gasteiger partial charge in [-0.2, -0.15) is 0 Å². The molecule has 2 aromatic carbocycles. The second kappa shape index (κ2) is 9.08. The lowest BCUT2D eigenvalue weighted by Crippen LogP contribution is -2.30. The molecule has 1 N–H and O–H groups in total. The van der Waals surface area contributed by atoms with E-state index in [1.54, 1.807) is 18.2 Å². The van der Waals surface area contributed by atoms with Gasteiger partial charge in [-0.1, -0.05) is 18.2 Å². The lowest BCUT2D eigenvalue weighted by atomic mass is 10.1. The molecule has 0 unspecified atom stereocenters. The molecular weight excluding hydrogens is 395 g/mol.